The Balaban J connectivity index is 2.28. The summed E-state index contributed by atoms with van der Waals surface area (Å²) in [6.45, 7) is 15.1. The predicted octanol–water partition coefficient (Wildman–Crippen LogP) is 4.02. The largest absolute Gasteiger partial charge is 0.305 e. The van der Waals surface area contributed by atoms with E-state index in [1.807, 2.05) is 0 Å². The molecule has 1 fully saturated rings. The van der Waals surface area contributed by atoms with Crippen molar-refractivity contribution in [2.45, 2.75) is 58.5 Å². The molecule has 0 spiro atoms. The molecule has 21 heavy (non-hydrogen) atoms. The summed E-state index contributed by atoms with van der Waals surface area (Å²) in [6.07, 6.45) is 2.43. The van der Waals surface area contributed by atoms with Gasteiger partial charge in [-0.05, 0) is 31.2 Å². The first-order chi connectivity index (χ1) is 9.96. The Morgan fingerprint density at radius 2 is 1.76 bits per heavy atom. The number of piperazine rings is 1. The van der Waals surface area contributed by atoms with Crippen LogP contribution in [0.1, 0.15) is 53.0 Å². The Hall–Kier alpha value is -0.860. The highest BCUT2D eigenvalue weighted by molar-refractivity contribution is 5.26. The van der Waals surface area contributed by atoms with Gasteiger partial charge in [0.1, 0.15) is 0 Å². The van der Waals surface area contributed by atoms with E-state index >= 15 is 0 Å². The molecule has 1 aromatic carbocycles. The van der Waals surface area contributed by atoms with Gasteiger partial charge < -0.3 is 5.32 Å². The highest BCUT2D eigenvalue weighted by Crippen LogP contribution is 2.35. The van der Waals surface area contributed by atoms with Gasteiger partial charge >= 0.3 is 0 Å². The SMILES string of the molecule is CCC1(CC)CNC(C)(c2ccccc2)CN1CC(C)C. The molecule has 0 saturated carbocycles. The Labute approximate surface area is 130 Å². The van der Waals surface area contributed by atoms with Crippen molar-refractivity contribution in [2.75, 3.05) is 19.6 Å². The summed E-state index contributed by atoms with van der Waals surface area (Å²) >= 11 is 0. The van der Waals surface area contributed by atoms with Crippen molar-refractivity contribution in [3.05, 3.63) is 35.9 Å². The van der Waals surface area contributed by atoms with E-state index in [9.17, 15) is 0 Å². The number of benzene rings is 1. The summed E-state index contributed by atoms with van der Waals surface area (Å²) in [4.78, 5) is 2.75. The lowest BCUT2D eigenvalue weighted by Gasteiger charge is -2.54. The van der Waals surface area contributed by atoms with Crippen molar-refractivity contribution in [1.82, 2.24) is 10.2 Å². The maximum absolute atomic E-state index is 3.87. The van der Waals surface area contributed by atoms with E-state index in [0.717, 1.165) is 13.1 Å². The van der Waals surface area contributed by atoms with Crippen LogP contribution in [-0.2, 0) is 5.54 Å². The minimum absolute atomic E-state index is 0.0595. The summed E-state index contributed by atoms with van der Waals surface area (Å²) in [5.41, 5.74) is 1.78. The fourth-order valence-electron chi connectivity index (χ4n) is 3.72. The summed E-state index contributed by atoms with van der Waals surface area (Å²) in [6, 6.07) is 10.9. The number of nitrogens with one attached hydrogen (secondary N) is 1. The van der Waals surface area contributed by atoms with Crippen LogP contribution < -0.4 is 5.32 Å². The number of hydrogen-bond acceptors (Lipinski definition) is 2. The second-order valence-corrected chi connectivity index (χ2v) is 7.26. The number of rotatable bonds is 5. The van der Waals surface area contributed by atoms with E-state index in [0.29, 0.717) is 11.5 Å². The van der Waals surface area contributed by atoms with Crippen LogP contribution in [0.25, 0.3) is 0 Å². The normalized spacial score (nSPS) is 26.2. The highest BCUT2D eigenvalue weighted by atomic mass is 15.3. The Morgan fingerprint density at radius 3 is 2.29 bits per heavy atom. The van der Waals surface area contributed by atoms with Gasteiger partial charge in [0.05, 0.1) is 5.54 Å². The third-order valence-electron chi connectivity index (χ3n) is 5.30. The van der Waals surface area contributed by atoms with E-state index in [-0.39, 0.29) is 5.54 Å². The topological polar surface area (TPSA) is 15.3 Å². The van der Waals surface area contributed by atoms with Crippen LogP contribution in [0.5, 0.6) is 0 Å². The van der Waals surface area contributed by atoms with E-state index in [2.05, 4.69) is 75.2 Å². The summed E-state index contributed by atoms with van der Waals surface area (Å²) in [5, 5.41) is 3.87. The van der Waals surface area contributed by atoms with E-state index < -0.39 is 0 Å². The highest BCUT2D eigenvalue weighted by Gasteiger charge is 2.44. The molecule has 0 bridgehead atoms. The zero-order chi connectivity index (χ0) is 15.5. The van der Waals surface area contributed by atoms with Crippen LogP contribution in [0.15, 0.2) is 30.3 Å². The minimum atomic E-state index is 0.0595. The Kier molecular flexibility index (Phi) is 5.11. The van der Waals surface area contributed by atoms with Gasteiger partial charge in [-0.25, -0.2) is 0 Å². The predicted molar refractivity (Wildman–Crippen MR) is 91.5 cm³/mol. The Morgan fingerprint density at radius 1 is 1.14 bits per heavy atom. The fraction of sp³-hybridized carbons (Fsp3) is 0.684. The molecular weight excluding hydrogens is 256 g/mol. The van der Waals surface area contributed by atoms with Gasteiger partial charge in [-0.3, -0.25) is 4.90 Å². The van der Waals surface area contributed by atoms with Gasteiger partial charge in [0.15, 0.2) is 0 Å². The Bertz CT molecular complexity index is 436. The average molecular weight is 288 g/mol. The van der Waals surface area contributed by atoms with Crippen LogP contribution in [0, 0.1) is 5.92 Å². The fourth-order valence-corrected chi connectivity index (χ4v) is 3.72. The molecule has 1 aromatic rings. The van der Waals surface area contributed by atoms with Gasteiger partial charge in [-0.1, -0.05) is 58.0 Å². The molecule has 1 aliphatic heterocycles. The molecule has 1 heterocycles. The molecule has 2 rings (SSSR count). The number of hydrogen-bond donors (Lipinski definition) is 1. The van der Waals surface area contributed by atoms with Crippen LogP contribution in [0.2, 0.25) is 0 Å². The monoisotopic (exact) mass is 288 g/mol. The lowest BCUT2D eigenvalue weighted by atomic mass is 9.80. The molecule has 0 amide bonds. The van der Waals surface area contributed by atoms with Gasteiger partial charge in [-0.15, -0.1) is 0 Å². The number of nitrogens with zero attached hydrogens (tertiary/aromatic N) is 1. The quantitative estimate of drug-likeness (QED) is 0.880. The van der Waals surface area contributed by atoms with Crippen molar-refractivity contribution in [1.29, 1.82) is 0 Å². The molecule has 1 atom stereocenters. The third kappa shape index (κ3) is 3.32. The molecule has 2 nitrogen and oxygen atoms in total. The smallest absolute Gasteiger partial charge is 0.0535 e. The van der Waals surface area contributed by atoms with Crippen molar-refractivity contribution < 1.29 is 0 Å². The first kappa shape index (κ1) is 16.5. The molecule has 2 heteroatoms. The maximum Gasteiger partial charge on any atom is 0.0535 e. The van der Waals surface area contributed by atoms with E-state index in [1.165, 1.54) is 24.9 Å². The van der Waals surface area contributed by atoms with Crippen molar-refractivity contribution in [2.24, 2.45) is 5.92 Å². The average Bonchev–Trinajstić information content (AvgIpc) is 2.49. The lowest BCUT2D eigenvalue weighted by Crippen LogP contribution is -2.68. The summed E-state index contributed by atoms with van der Waals surface area (Å²) in [5.74, 6) is 0.709. The van der Waals surface area contributed by atoms with Crippen LogP contribution in [-0.4, -0.2) is 30.1 Å². The maximum atomic E-state index is 3.87. The second kappa shape index (κ2) is 6.50. The van der Waals surface area contributed by atoms with Gasteiger partial charge in [0, 0.05) is 25.2 Å². The van der Waals surface area contributed by atoms with Crippen molar-refractivity contribution in [3.63, 3.8) is 0 Å². The van der Waals surface area contributed by atoms with Crippen LogP contribution in [0.4, 0.5) is 0 Å². The van der Waals surface area contributed by atoms with Crippen molar-refractivity contribution >= 4 is 0 Å². The van der Waals surface area contributed by atoms with Crippen molar-refractivity contribution in [3.8, 4) is 0 Å². The molecule has 0 aliphatic carbocycles. The molecule has 0 aromatic heterocycles. The minimum Gasteiger partial charge on any atom is -0.305 e. The molecule has 1 aliphatic rings. The molecule has 1 saturated heterocycles. The zero-order valence-electron chi connectivity index (χ0n) is 14.4. The lowest BCUT2D eigenvalue weighted by molar-refractivity contribution is -0.00575. The first-order valence-corrected chi connectivity index (χ1v) is 8.51. The van der Waals surface area contributed by atoms with Gasteiger partial charge in [0.2, 0.25) is 0 Å². The molecule has 118 valence electrons. The third-order valence-corrected chi connectivity index (χ3v) is 5.30. The summed E-state index contributed by atoms with van der Waals surface area (Å²) < 4.78 is 0. The van der Waals surface area contributed by atoms with Crippen LogP contribution >= 0.6 is 0 Å². The second-order valence-electron chi connectivity index (χ2n) is 7.26. The van der Waals surface area contributed by atoms with Gasteiger partial charge in [-0.2, -0.15) is 0 Å². The molecule has 1 N–H and O–H groups in total. The molecule has 1 unspecified atom stereocenters. The van der Waals surface area contributed by atoms with E-state index in [1.54, 1.807) is 0 Å². The van der Waals surface area contributed by atoms with E-state index in [4.69, 9.17) is 0 Å². The standard InChI is InChI=1S/C19H32N2/c1-6-19(7-2)14-20-18(5,15-21(19)13-16(3)4)17-11-9-8-10-12-17/h8-12,16,20H,6-7,13-15H2,1-5H3. The molecule has 0 radical (unpaired) electrons. The molecular formula is C19H32N2. The summed E-state index contributed by atoms with van der Waals surface area (Å²) in [7, 11) is 0. The first-order valence-electron chi connectivity index (χ1n) is 8.51. The van der Waals surface area contributed by atoms with Crippen LogP contribution in [0.3, 0.4) is 0 Å². The zero-order valence-corrected chi connectivity index (χ0v) is 14.4. The van der Waals surface area contributed by atoms with Gasteiger partial charge in [0.25, 0.3) is 0 Å².